The normalized spacial score (nSPS) is 10.2. The highest BCUT2D eigenvalue weighted by atomic mass is 16.5. The van der Waals surface area contributed by atoms with Gasteiger partial charge in [0.05, 0.1) is 13.2 Å². The first-order valence-electron chi connectivity index (χ1n) is 4.17. The standard InChI is InChI=1S/C10H14O3/c1-7(2)13-9-6-4-5-8(11)10(9)12-3/h4-7,11H,1-3H3. The van der Waals surface area contributed by atoms with Gasteiger partial charge in [0.1, 0.15) is 0 Å². The average Bonchev–Trinajstić information content (AvgIpc) is 2.03. The minimum Gasteiger partial charge on any atom is -0.504 e. The highest BCUT2D eigenvalue weighted by Gasteiger charge is 2.09. The number of hydrogen-bond acceptors (Lipinski definition) is 3. The minimum atomic E-state index is 0.0655. The monoisotopic (exact) mass is 182 g/mol. The van der Waals surface area contributed by atoms with E-state index in [1.165, 1.54) is 7.11 Å². The van der Waals surface area contributed by atoms with Crippen LogP contribution in [0.4, 0.5) is 0 Å². The van der Waals surface area contributed by atoms with Crippen molar-refractivity contribution in [1.82, 2.24) is 0 Å². The molecule has 0 atom stereocenters. The zero-order valence-corrected chi connectivity index (χ0v) is 8.07. The van der Waals surface area contributed by atoms with Crippen molar-refractivity contribution in [2.45, 2.75) is 20.0 Å². The second-order valence-electron chi connectivity index (χ2n) is 2.98. The molecule has 0 heterocycles. The van der Waals surface area contributed by atoms with Crippen LogP contribution in [0, 0.1) is 0 Å². The van der Waals surface area contributed by atoms with E-state index in [0.717, 1.165) is 0 Å². The Balaban J connectivity index is 2.98. The smallest absolute Gasteiger partial charge is 0.203 e. The molecule has 3 heteroatoms. The first-order valence-corrected chi connectivity index (χ1v) is 4.17. The van der Waals surface area contributed by atoms with Crippen molar-refractivity contribution in [3.63, 3.8) is 0 Å². The summed E-state index contributed by atoms with van der Waals surface area (Å²) in [7, 11) is 1.50. The Morgan fingerprint density at radius 1 is 1.31 bits per heavy atom. The van der Waals surface area contributed by atoms with Gasteiger partial charge in [0.25, 0.3) is 0 Å². The average molecular weight is 182 g/mol. The molecule has 0 aliphatic rings. The van der Waals surface area contributed by atoms with Crippen molar-refractivity contribution < 1.29 is 14.6 Å². The van der Waals surface area contributed by atoms with Gasteiger partial charge < -0.3 is 14.6 Å². The zero-order valence-electron chi connectivity index (χ0n) is 8.07. The lowest BCUT2D eigenvalue weighted by molar-refractivity contribution is 0.227. The fourth-order valence-electron chi connectivity index (χ4n) is 1.06. The van der Waals surface area contributed by atoms with Crippen LogP contribution in [0.1, 0.15) is 13.8 Å². The van der Waals surface area contributed by atoms with Crippen LogP contribution in [0.15, 0.2) is 18.2 Å². The van der Waals surface area contributed by atoms with Crippen molar-refractivity contribution in [3.8, 4) is 17.2 Å². The van der Waals surface area contributed by atoms with Gasteiger partial charge in [-0.3, -0.25) is 0 Å². The van der Waals surface area contributed by atoms with E-state index < -0.39 is 0 Å². The third kappa shape index (κ3) is 2.28. The molecule has 1 aromatic rings. The Morgan fingerprint density at radius 3 is 2.54 bits per heavy atom. The maximum atomic E-state index is 9.40. The third-order valence-electron chi connectivity index (χ3n) is 1.52. The van der Waals surface area contributed by atoms with E-state index in [2.05, 4.69) is 0 Å². The third-order valence-corrected chi connectivity index (χ3v) is 1.52. The van der Waals surface area contributed by atoms with Gasteiger partial charge in [-0.2, -0.15) is 0 Å². The van der Waals surface area contributed by atoms with E-state index in [1.54, 1.807) is 18.2 Å². The molecule has 0 saturated heterocycles. The number of phenols is 1. The Hall–Kier alpha value is -1.38. The van der Waals surface area contributed by atoms with Gasteiger partial charge in [-0.25, -0.2) is 0 Å². The molecule has 0 amide bonds. The van der Waals surface area contributed by atoms with Gasteiger partial charge >= 0.3 is 0 Å². The first-order chi connectivity index (χ1) is 6.15. The molecule has 0 aliphatic heterocycles. The molecule has 1 N–H and O–H groups in total. The number of methoxy groups -OCH3 is 1. The van der Waals surface area contributed by atoms with Crippen LogP contribution in [0.5, 0.6) is 17.2 Å². The van der Waals surface area contributed by atoms with Gasteiger partial charge in [0, 0.05) is 0 Å². The minimum absolute atomic E-state index is 0.0655. The van der Waals surface area contributed by atoms with Gasteiger partial charge in [-0.1, -0.05) is 6.07 Å². The fraction of sp³-hybridized carbons (Fsp3) is 0.400. The molecule has 0 saturated carbocycles. The molecular formula is C10H14O3. The predicted octanol–water partition coefficient (Wildman–Crippen LogP) is 2.19. The lowest BCUT2D eigenvalue weighted by Gasteiger charge is -2.13. The van der Waals surface area contributed by atoms with Gasteiger partial charge in [0.15, 0.2) is 11.5 Å². The number of phenolic OH excluding ortho intramolecular Hbond substituents is 1. The summed E-state index contributed by atoms with van der Waals surface area (Å²) in [6, 6.07) is 5.04. The van der Waals surface area contributed by atoms with E-state index >= 15 is 0 Å². The van der Waals surface area contributed by atoms with Crippen LogP contribution < -0.4 is 9.47 Å². The van der Waals surface area contributed by atoms with Crippen molar-refractivity contribution in [2.75, 3.05) is 7.11 Å². The number of para-hydroxylation sites is 1. The molecule has 0 aromatic heterocycles. The van der Waals surface area contributed by atoms with Crippen LogP contribution in [-0.2, 0) is 0 Å². The second-order valence-corrected chi connectivity index (χ2v) is 2.98. The number of rotatable bonds is 3. The van der Waals surface area contributed by atoms with E-state index in [1.807, 2.05) is 13.8 Å². The highest BCUT2D eigenvalue weighted by molar-refractivity contribution is 5.50. The first kappa shape index (κ1) is 9.71. The Bertz CT molecular complexity index is 281. The zero-order chi connectivity index (χ0) is 9.84. The largest absolute Gasteiger partial charge is 0.504 e. The highest BCUT2D eigenvalue weighted by Crippen LogP contribution is 2.36. The predicted molar refractivity (Wildman–Crippen MR) is 50.4 cm³/mol. The summed E-state index contributed by atoms with van der Waals surface area (Å²) in [5.74, 6) is 1.05. The maximum Gasteiger partial charge on any atom is 0.203 e. The quantitative estimate of drug-likeness (QED) is 0.778. The van der Waals surface area contributed by atoms with Gasteiger partial charge in [-0.15, -0.1) is 0 Å². The van der Waals surface area contributed by atoms with E-state index in [4.69, 9.17) is 9.47 Å². The van der Waals surface area contributed by atoms with Gasteiger partial charge in [-0.05, 0) is 26.0 Å². The van der Waals surface area contributed by atoms with Crippen molar-refractivity contribution in [3.05, 3.63) is 18.2 Å². The van der Waals surface area contributed by atoms with Crippen LogP contribution in [0.2, 0.25) is 0 Å². The summed E-state index contributed by atoms with van der Waals surface area (Å²) >= 11 is 0. The molecule has 72 valence electrons. The Morgan fingerprint density at radius 2 is 2.00 bits per heavy atom. The molecule has 13 heavy (non-hydrogen) atoms. The maximum absolute atomic E-state index is 9.40. The molecule has 0 fully saturated rings. The molecule has 1 rings (SSSR count). The summed E-state index contributed by atoms with van der Waals surface area (Å²) in [6.45, 7) is 3.84. The molecule has 3 nitrogen and oxygen atoms in total. The number of ether oxygens (including phenoxy) is 2. The number of benzene rings is 1. The van der Waals surface area contributed by atoms with Crippen LogP contribution >= 0.6 is 0 Å². The summed E-state index contributed by atoms with van der Waals surface area (Å²) in [6.07, 6.45) is 0.0655. The van der Waals surface area contributed by atoms with Gasteiger partial charge in [0.2, 0.25) is 5.75 Å². The fourth-order valence-corrected chi connectivity index (χ4v) is 1.06. The lowest BCUT2D eigenvalue weighted by Crippen LogP contribution is -2.06. The summed E-state index contributed by atoms with van der Waals surface area (Å²) in [5, 5.41) is 9.40. The van der Waals surface area contributed by atoms with E-state index in [9.17, 15) is 5.11 Å². The van der Waals surface area contributed by atoms with Crippen LogP contribution in [0.3, 0.4) is 0 Å². The number of aromatic hydroxyl groups is 1. The Kier molecular flexibility index (Phi) is 3.01. The topological polar surface area (TPSA) is 38.7 Å². The van der Waals surface area contributed by atoms with Crippen LogP contribution in [0.25, 0.3) is 0 Å². The summed E-state index contributed by atoms with van der Waals surface area (Å²) in [5.41, 5.74) is 0. The number of hydrogen-bond donors (Lipinski definition) is 1. The summed E-state index contributed by atoms with van der Waals surface area (Å²) in [4.78, 5) is 0. The lowest BCUT2D eigenvalue weighted by atomic mass is 10.3. The molecule has 0 aliphatic carbocycles. The van der Waals surface area contributed by atoms with Crippen molar-refractivity contribution in [1.29, 1.82) is 0 Å². The molecule has 0 spiro atoms. The SMILES string of the molecule is COc1c(O)cccc1OC(C)C. The molecular weight excluding hydrogens is 168 g/mol. The van der Waals surface area contributed by atoms with Crippen molar-refractivity contribution in [2.24, 2.45) is 0 Å². The van der Waals surface area contributed by atoms with E-state index in [-0.39, 0.29) is 11.9 Å². The molecule has 0 bridgehead atoms. The second kappa shape index (κ2) is 4.03. The van der Waals surface area contributed by atoms with E-state index in [0.29, 0.717) is 11.5 Å². The van der Waals surface area contributed by atoms with Crippen molar-refractivity contribution >= 4 is 0 Å². The summed E-state index contributed by atoms with van der Waals surface area (Å²) < 4.78 is 10.4. The molecule has 1 aromatic carbocycles. The van der Waals surface area contributed by atoms with Crippen LogP contribution in [-0.4, -0.2) is 18.3 Å². The molecule has 0 unspecified atom stereocenters. The molecule has 0 radical (unpaired) electrons. The Labute approximate surface area is 77.9 Å².